The summed E-state index contributed by atoms with van der Waals surface area (Å²) >= 11 is 0. The van der Waals surface area contributed by atoms with Gasteiger partial charge in [-0.05, 0) is 12.1 Å². The topological polar surface area (TPSA) is 41.6 Å². The molecule has 20 heavy (non-hydrogen) atoms. The molecule has 0 saturated heterocycles. The van der Waals surface area contributed by atoms with Crippen LogP contribution in [0.15, 0.2) is 18.3 Å². The molecule has 8 heteroatoms. The molecular formula is C12H4F5N3. The van der Waals surface area contributed by atoms with Crippen molar-refractivity contribution >= 4 is 11.2 Å². The van der Waals surface area contributed by atoms with Crippen LogP contribution in [0.4, 0.5) is 22.0 Å². The zero-order valence-corrected chi connectivity index (χ0v) is 9.52. The molecule has 0 radical (unpaired) electrons. The number of aromatic nitrogens is 3. The Morgan fingerprint density at radius 3 is 2.05 bits per heavy atom. The van der Waals surface area contributed by atoms with Crippen molar-refractivity contribution in [1.29, 1.82) is 0 Å². The van der Waals surface area contributed by atoms with Crippen LogP contribution in [0.2, 0.25) is 0 Å². The second-order valence-corrected chi connectivity index (χ2v) is 3.90. The SMILES string of the molecule is Fc1c(F)c(F)c(-c2nc3ncccc3[nH]2)c(F)c1F. The van der Waals surface area contributed by atoms with Crippen molar-refractivity contribution in [3.05, 3.63) is 47.4 Å². The zero-order chi connectivity index (χ0) is 14.4. The first-order valence-electron chi connectivity index (χ1n) is 5.33. The Hall–Kier alpha value is -2.51. The predicted octanol–water partition coefficient (Wildman–Crippen LogP) is 3.32. The molecule has 0 atom stereocenters. The number of imidazole rings is 1. The number of fused-ring (bicyclic) bond motifs is 1. The van der Waals surface area contributed by atoms with Gasteiger partial charge < -0.3 is 4.98 Å². The van der Waals surface area contributed by atoms with Crippen LogP contribution in [0.25, 0.3) is 22.6 Å². The van der Waals surface area contributed by atoms with Gasteiger partial charge in [0, 0.05) is 6.20 Å². The number of pyridine rings is 1. The van der Waals surface area contributed by atoms with Gasteiger partial charge in [-0.2, -0.15) is 0 Å². The average Bonchev–Trinajstić information content (AvgIpc) is 2.86. The smallest absolute Gasteiger partial charge is 0.200 e. The largest absolute Gasteiger partial charge is 0.336 e. The molecule has 3 nitrogen and oxygen atoms in total. The van der Waals surface area contributed by atoms with Gasteiger partial charge in [0.05, 0.1) is 11.1 Å². The van der Waals surface area contributed by atoms with Gasteiger partial charge in [0.1, 0.15) is 5.82 Å². The molecular weight excluding hydrogens is 281 g/mol. The average molecular weight is 285 g/mol. The first kappa shape index (κ1) is 12.5. The number of hydrogen-bond donors (Lipinski definition) is 1. The van der Waals surface area contributed by atoms with Crippen molar-refractivity contribution in [3.8, 4) is 11.4 Å². The summed E-state index contributed by atoms with van der Waals surface area (Å²) in [5.74, 6) is -10.6. The Labute approximate surface area is 108 Å². The molecule has 0 spiro atoms. The van der Waals surface area contributed by atoms with Crippen molar-refractivity contribution in [1.82, 2.24) is 15.0 Å². The summed E-state index contributed by atoms with van der Waals surface area (Å²) in [7, 11) is 0. The maximum Gasteiger partial charge on any atom is 0.200 e. The lowest BCUT2D eigenvalue weighted by atomic mass is 10.1. The van der Waals surface area contributed by atoms with Crippen LogP contribution in [0, 0.1) is 29.1 Å². The molecule has 3 rings (SSSR count). The van der Waals surface area contributed by atoms with Gasteiger partial charge in [-0.25, -0.2) is 31.9 Å². The first-order valence-corrected chi connectivity index (χ1v) is 5.33. The number of nitrogens with one attached hydrogen (secondary N) is 1. The van der Waals surface area contributed by atoms with Crippen molar-refractivity contribution in [2.45, 2.75) is 0 Å². The van der Waals surface area contributed by atoms with E-state index in [0.717, 1.165) is 0 Å². The molecule has 2 heterocycles. The van der Waals surface area contributed by atoms with Crippen molar-refractivity contribution in [3.63, 3.8) is 0 Å². The molecule has 1 aromatic carbocycles. The minimum atomic E-state index is -2.21. The molecule has 0 aliphatic rings. The van der Waals surface area contributed by atoms with Crippen LogP contribution in [0.3, 0.4) is 0 Å². The van der Waals surface area contributed by atoms with E-state index in [4.69, 9.17) is 0 Å². The van der Waals surface area contributed by atoms with E-state index < -0.39 is 40.5 Å². The number of hydrogen-bond acceptors (Lipinski definition) is 2. The van der Waals surface area contributed by atoms with Gasteiger partial charge in [0.25, 0.3) is 0 Å². The summed E-state index contributed by atoms with van der Waals surface area (Å²) < 4.78 is 66.4. The second-order valence-electron chi connectivity index (χ2n) is 3.90. The van der Waals surface area contributed by atoms with E-state index in [1.165, 1.54) is 18.3 Å². The number of nitrogens with zero attached hydrogens (tertiary/aromatic N) is 2. The summed E-state index contributed by atoms with van der Waals surface area (Å²) in [5.41, 5.74) is -0.697. The van der Waals surface area contributed by atoms with Crippen LogP contribution >= 0.6 is 0 Å². The molecule has 0 bridgehead atoms. The van der Waals surface area contributed by atoms with Crippen molar-refractivity contribution in [2.24, 2.45) is 0 Å². The molecule has 0 saturated carbocycles. The van der Waals surface area contributed by atoms with E-state index in [1.807, 2.05) is 0 Å². The number of halogens is 5. The molecule has 2 aromatic heterocycles. The third-order valence-corrected chi connectivity index (χ3v) is 2.70. The normalized spacial score (nSPS) is 11.2. The fourth-order valence-corrected chi connectivity index (χ4v) is 1.78. The van der Waals surface area contributed by atoms with Gasteiger partial charge in [-0.3, -0.25) is 0 Å². The Balaban J connectivity index is 2.34. The maximum atomic E-state index is 13.6. The van der Waals surface area contributed by atoms with E-state index in [-0.39, 0.29) is 5.65 Å². The third kappa shape index (κ3) is 1.64. The Kier molecular flexibility index (Phi) is 2.66. The van der Waals surface area contributed by atoms with Gasteiger partial charge in [-0.1, -0.05) is 0 Å². The number of H-pyrrole nitrogens is 1. The number of rotatable bonds is 1. The van der Waals surface area contributed by atoms with Crippen LogP contribution in [-0.4, -0.2) is 15.0 Å². The summed E-state index contributed by atoms with van der Waals surface area (Å²) in [4.78, 5) is 9.97. The molecule has 0 aliphatic carbocycles. The lowest BCUT2D eigenvalue weighted by Gasteiger charge is -2.05. The molecule has 0 fully saturated rings. The molecule has 0 amide bonds. The van der Waals surface area contributed by atoms with E-state index in [1.54, 1.807) is 0 Å². The summed E-state index contributed by atoms with van der Waals surface area (Å²) in [5, 5.41) is 0. The summed E-state index contributed by atoms with van der Waals surface area (Å²) in [6.45, 7) is 0. The van der Waals surface area contributed by atoms with Crippen molar-refractivity contribution < 1.29 is 22.0 Å². The molecule has 0 unspecified atom stereocenters. The second kappa shape index (κ2) is 4.26. The van der Waals surface area contributed by atoms with Crippen LogP contribution in [0.5, 0.6) is 0 Å². The lowest BCUT2D eigenvalue weighted by Crippen LogP contribution is -2.04. The minimum Gasteiger partial charge on any atom is -0.336 e. The Bertz CT molecular complexity index is 765. The Morgan fingerprint density at radius 1 is 0.850 bits per heavy atom. The number of benzene rings is 1. The van der Waals surface area contributed by atoms with Crippen LogP contribution in [0.1, 0.15) is 0 Å². The highest BCUT2D eigenvalue weighted by atomic mass is 19.2. The van der Waals surface area contributed by atoms with Gasteiger partial charge in [0.2, 0.25) is 5.82 Å². The maximum absolute atomic E-state index is 13.6. The fraction of sp³-hybridized carbons (Fsp3) is 0. The van der Waals surface area contributed by atoms with Gasteiger partial charge in [-0.15, -0.1) is 0 Å². The van der Waals surface area contributed by atoms with Crippen LogP contribution < -0.4 is 0 Å². The van der Waals surface area contributed by atoms with Crippen molar-refractivity contribution in [2.75, 3.05) is 0 Å². The van der Waals surface area contributed by atoms with Crippen LogP contribution in [-0.2, 0) is 0 Å². The molecule has 1 N–H and O–H groups in total. The zero-order valence-electron chi connectivity index (χ0n) is 9.52. The summed E-state index contributed by atoms with van der Waals surface area (Å²) in [6.07, 6.45) is 1.38. The third-order valence-electron chi connectivity index (χ3n) is 2.70. The highest BCUT2D eigenvalue weighted by molar-refractivity contribution is 5.75. The Morgan fingerprint density at radius 2 is 1.45 bits per heavy atom. The molecule has 3 aromatic rings. The van der Waals surface area contributed by atoms with E-state index in [9.17, 15) is 22.0 Å². The predicted molar refractivity (Wildman–Crippen MR) is 59.1 cm³/mol. The molecule has 102 valence electrons. The van der Waals surface area contributed by atoms with E-state index >= 15 is 0 Å². The fourth-order valence-electron chi connectivity index (χ4n) is 1.78. The van der Waals surface area contributed by atoms with Gasteiger partial charge >= 0.3 is 0 Å². The van der Waals surface area contributed by atoms with E-state index in [2.05, 4.69) is 15.0 Å². The quantitative estimate of drug-likeness (QED) is 0.423. The molecule has 0 aliphatic heterocycles. The minimum absolute atomic E-state index is 0.103. The summed E-state index contributed by atoms with van der Waals surface area (Å²) in [6, 6.07) is 3.04. The highest BCUT2D eigenvalue weighted by Crippen LogP contribution is 2.30. The standard InChI is InChI=1S/C12H4F5N3/c13-6-5(7(14)9(16)10(17)8(6)15)12-19-4-2-1-3-18-11(4)20-12/h1-3H,(H,18,19,20). The highest BCUT2D eigenvalue weighted by Gasteiger charge is 2.28. The van der Waals surface area contributed by atoms with Gasteiger partial charge in [0.15, 0.2) is 28.9 Å². The first-order chi connectivity index (χ1) is 9.50. The van der Waals surface area contributed by atoms with E-state index in [0.29, 0.717) is 5.52 Å². The lowest BCUT2D eigenvalue weighted by molar-refractivity contribution is 0.381. The monoisotopic (exact) mass is 285 g/mol. The number of aromatic amines is 1.